The lowest BCUT2D eigenvalue weighted by molar-refractivity contribution is 0.0704. The van der Waals surface area contributed by atoms with E-state index in [4.69, 9.17) is 4.74 Å². The summed E-state index contributed by atoms with van der Waals surface area (Å²) >= 11 is 0. The molecule has 0 radical (unpaired) electrons. The van der Waals surface area contributed by atoms with Crippen LogP contribution in [0.15, 0.2) is 24.7 Å². The number of piperazine rings is 1. The third-order valence-electron chi connectivity index (χ3n) is 6.35. The summed E-state index contributed by atoms with van der Waals surface area (Å²) in [7, 11) is 1.94. The fourth-order valence-electron chi connectivity index (χ4n) is 4.33. The van der Waals surface area contributed by atoms with E-state index >= 15 is 0 Å². The van der Waals surface area contributed by atoms with Crippen LogP contribution in [0.1, 0.15) is 36.1 Å². The van der Waals surface area contributed by atoms with E-state index in [1.807, 2.05) is 35.2 Å². The summed E-state index contributed by atoms with van der Waals surface area (Å²) in [6, 6.07) is 2.09. The topological polar surface area (TPSA) is 63.5 Å². The van der Waals surface area contributed by atoms with Crippen molar-refractivity contribution in [2.45, 2.75) is 25.7 Å². The third-order valence-corrected chi connectivity index (χ3v) is 6.35. The number of carbonyl (C=O) groups is 1. The van der Waals surface area contributed by atoms with Gasteiger partial charge >= 0.3 is 6.09 Å². The van der Waals surface area contributed by atoms with Gasteiger partial charge in [0, 0.05) is 68.9 Å². The number of pyridine rings is 1. The third kappa shape index (κ3) is 3.61. The highest BCUT2D eigenvalue weighted by Gasteiger charge is 2.27. The van der Waals surface area contributed by atoms with E-state index in [1.165, 1.54) is 36.1 Å². The summed E-state index contributed by atoms with van der Waals surface area (Å²) < 4.78 is 7.34. The summed E-state index contributed by atoms with van der Waals surface area (Å²) in [4.78, 5) is 21.1. The normalized spacial score (nSPS) is 19.0. The van der Waals surface area contributed by atoms with Crippen LogP contribution in [0.25, 0.3) is 11.6 Å². The van der Waals surface area contributed by atoms with Gasteiger partial charge in [-0.25, -0.2) is 4.79 Å². The van der Waals surface area contributed by atoms with Gasteiger partial charge in [0.05, 0.1) is 18.5 Å². The number of allylic oxidation sites excluding steroid dienone is 1. The highest BCUT2D eigenvalue weighted by molar-refractivity contribution is 5.91. The molecule has 3 heterocycles. The van der Waals surface area contributed by atoms with Crippen LogP contribution in [0, 0.1) is 5.92 Å². The molecule has 2 aromatic heterocycles. The van der Waals surface area contributed by atoms with Crippen molar-refractivity contribution >= 4 is 23.4 Å². The summed E-state index contributed by atoms with van der Waals surface area (Å²) in [5.41, 5.74) is 5.93. The Kier molecular flexibility index (Phi) is 4.73. The first-order valence-corrected chi connectivity index (χ1v) is 10.5. The van der Waals surface area contributed by atoms with Gasteiger partial charge in [-0.05, 0) is 36.5 Å². The Balaban J connectivity index is 1.24. The molecule has 0 unspecified atom stereocenters. The molecule has 0 spiro atoms. The quantitative estimate of drug-likeness (QED) is 0.799. The Hall–Kier alpha value is -2.83. The van der Waals surface area contributed by atoms with E-state index in [0.29, 0.717) is 25.6 Å². The maximum atomic E-state index is 12.3. The van der Waals surface area contributed by atoms with Gasteiger partial charge in [-0.15, -0.1) is 0 Å². The SMILES string of the molecule is Cn1cc(C2=Cc3c(N4CCN(C(=O)OCC5CCC5)CC4)ccnc3C2)cn1. The highest BCUT2D eigenvalue weighted by Crippen LogP contribution is 2.36. The Morgan fingerprint density at radius 2 is 2.07 bits per heavy atom. The Morgan fingerprint density at radius 3 is 2.76 bits per heavy atom. The van der Waals surface area contributed by atoms with Gasteiger partial charge in [0.15, 0.2) is 0 Å². The number of hydrogen-bond acceptors (Lipinski definition) is 5. The molecule has 3 aliphatic rings. The molecule has 1 aliphatic heterocycles. The number of anilines is 1. The second-order valence-electron chi connectivity index (χ2n) is 8.29. The van der Waals surface area contributed by atoms with Gasteiger partial charge in [0.1, 0.15) is 0 Å². The first-order valence-electron chi connectivity index (χ1n) is 10.5. The van der Waals surface area contributed by atoms with Crippen molar-refractivity contribution < 1.29 is 9.53 Å². The Morgan fingerprint density at radius 1 is 1.24 bits per heavy atom. The maximum Gasteiger partial charge on any atom is 0.409 e. The van der Waals surface area contributed by atoms with Crippen molar-refractivity contribution in [1.82, 2.24) is 19.7 Å². The van der Waals surface area contributed by atoms with E-state index in [2.05, 4.69) is 27.1 Å². The van der Waals surface area contributed by atoms with Crippen LogP contribution in [-0.4, -0.2) is 58.5 Å². The van der Waals surface area contributed by atoms with E-state index in [-0.39, 0.29) is 6.09 Å². The van der Waals surface area contributed by atoms with E-state index in [9.17, 15) is 4.79 Å². The summed E-state index contributed by atoms with van der Waals surface area (Å²) in [5, 5.41) is 4.29. The summed E-state index contributed by atoms with van der Waals surface area (Å²) in [6.45, 7) is 3.59. The van der Waals surface area contributed by atoms with Crippen molar-refractivity contribution in [3.63, 3.8) is 0 Å². The van der Waals surface area contributed by atoms with E-state index < -0.39 is 0 Å². The minimum absolute atomic E-state index is 0.157. The molecular formula is C22H27N5O2. The number of rotatable bonds is 4. The summed E-state index contributed by atoms with van der Waals surface area (Å²) in [6.07, 6.45) is 12.4. The molecule has 2 aliphatic carbocycles. The minimum atomic E-state index is -0.157. The molecule has 7 nitrogen and oxygen atoms in total. The van der Waals surface area contributed by atoms with Gasteiger partial charge < -0.3 is 14.5 Å². The van der Waals surface area contributed by atoms with Gasteiger partial charge in [0.2, 0.25) is 0 Å². The monoisotopic (exact) mass is 393 g/mol. The number of nitrogens with zero attached hydrogens (tertiary/aromatic N) is 5. The van der Waals surface area contributed by atoms with Crippen LogP contribution in [0.3, 0.4) is 0 Å². The first-order chi connectivity index (χ1) is 14.2. The van der Waals surface area contributed by atoms with Crippen molar-refractivity contribution in [2.75, 3.05) is 37.7 Å². The molecule has 2 aromatic rings. The Bertz CT molecular complexity index is 938. The lowest BCUT2D eigenvalue weighted by Crippen LogP contribution is -2.49. The van der Waals surface area contributed by atoms with Gasteiger partial charge in [-0.1, -0.05) is 6.42 Å². The number of carbonyl (C=O) groups excluding carboxylic acids is 1. The first kappa shape index (κ1) is 18.2. The predicted octanol–water partition coefficient (Wildman–Crippen LogP) is 2.97. The fourth-order valence-corrected chi connectivity index (χ4v) is 4.33. The van der Waals surface area contributed by atoms with Crippen LogP contribution >= 0.6 is 0 Å². The fraction of sp³-hybridized carbons (Fsp3) is 0.500. The van der Waals surface area contributed by atoms with Crippen LogP contribution in [-0.2, 0) is 18.2 Å². The number of hydrogen-bond donors (Lipinski definition) is 0. The number of ether oxygens (including phenoxy) is 1. The van der Waals surface area contributed by atoms with Gasteiger partial charge in [-0.3, -0.25) is 9.67 Å². The zero-order chi connectivity index (χ0) is 19.8. The lowest BCUT2D eigenvalue weighted by atomic mass is 9.86. The summed E-state index contributed by atoms with van der Waals surface area (Å²) in [5.74, 6) is 0.584. The largest absolute Gasteiger partial charge is 0.449 e. The zero-order valence-corrected chi connectivity index (χ0v) is 16.9. The number of fused-ring (bicyclic) bond motifs is 1. The maximum absolute atomic E-state index is 12.3. The predicted molar refractivity (Wildman–Crippen MR) is 111 cm³/mol. The molecule has 1 amide bonds. The molecule has 29 heavy (non-hydrogen) atoms. The van der Waals surface area contributed by atoms with Crippen LogP contribution in [0.4, 0.5) is 10.5 Å². The second kappa shape index (κ2) is 7.54. The standard InChI is InChI=1S/C22H27N5O2/c1-25-14-18(13-24-25)17-11-19-20(12-17)23-6-5-21(19)26-7-9-27(10-8-26)22(28)29-15-16-3-2-4-16/h5-6,11,13-14,16H,2-4,7-10,12,15H2,1H3. The molecule has 0 N–H and O–H groups in total. The van der Waals surface area contributed by atoms with E-state index in [1.54, 1.807) is 0 Å². The van der Waals surface area contributed by atoms with Crippen molar-refractivity contribution in [3.8, 4) is 0 Å². The molecule has 0 atom stereocenters. The molecule has 1 saturated carbocycles. The molecule has 2 fully saturated rings. The smallest absolute Gasteiger partial charge is 0.409 e. The van der Waals surface area contributed by atoms with Crippen molar-refractivity contribution in [3.05, 3.63) is 41.5 Å². The molecule has 1 saturated heterocycles. The average Bonchev–Trinajstić information content (AvgIpc) is 3.32. The molecule has 0 aromatic carbocycles. The molecular weight excluding hydrogens is 366 g/mol. The van der Waals surface area contributed by atoms with E-state index in [0.717, 1.165) is 30.8 Å². The van der Waals surface area contributed by atoms with Crippen LogP contribution in [0.5, 0.6) is 0 Å². The molecule has 7 heteroatoms. The lowest BCUT2D eigenvalue weighted by Gasteiger charge is -2.36. The molecule has 0 bridgehead atoms. The minimum Gasteiger partial charge on any atom is -0.449 e. The van der Waals surface area contributed by atoms with Crippen molar-refractivity contribution in [2.24, 2.45) is 13.0 Å². The van der Waals surface area contributed by atoms with Crippen LogP contribution < -0.4 is 4.90 Å². The highest BCUT2D eigenvalue weighted by atomic mass is 16.6. The van der Waals surface area contributed by atoms with Crippen LogP contribution in [0.2, 0.25) is 0 Å². The molecule has 152 valence electrons. The second-order valence-corrected chi connectivity index (χ2v) is 8.29. The number of aromatic nitrogens is 3. The van der Waals surface area contributed by atoms with Crippen molar-refractivity contribution in [1.29, 1.82) is 0 Å². The Labute approximate surface area is 171 Å². The molecule has 5 rings (SSSR count). The zero-order valence-electron chi connectivity index (χ0n) is 16.9. The van der Waals surface area contributed by atoms with Gasteiger partial charge in [0.25, 0.3) is 0 Å². The number of aryl methyl sites for hydroxylation is 1. The average molecular weight is 393 g/mol. The van der Waals surface area contributed by atoms with Gasteiger partial charge in [-0.2, -0.15) is 5.10 Å². The number of amides is 1.